The molecular formula is C24H36N4O6S. The lowest BCUT2D eigenvalue weighted by molar-refractivity contribution is -0.147. The first-order valence-electron chi connectivity index (χ1n) is 11.9. The van der Waals surface area contributed by atoms with Gasteiger partial charge >= 0.3 is 10.2 Å². The highest BCUT2D eigenvalue weighted by atomic mass is 32.2. The number of carbonyl (C=O) groups is 2. The van der Waals surface area contributed by atoms with Crippen LogP contribution in [0.1, 0.15) is 46.0 Å². The molecule has 1 saturated heterocycles. The van der Waals surface area contributed by atoms with Crippen LogP contribution in [0, 0.1) is 23.2 Å². The van der Waals surface area contributed by atoms with Gasteiger partial charge in [0.05, 0.1) is 19.3 Å². The lowest BCUT2D eigenvalue weighted by Crippen LogP contribution is -2.63. The number of primary amides is 1. The van der Waals surface area contributed by atoms with Crippen LogP contribution >= 0.6 is 0 Å². The maximum absolute atomic E-state index is 13.4. The molecule has 35 heavy (non-hydrogen) atoms. The number of nitrogens with two attached hydrogens (primary N) is 1. The Morgan fingerprint density at radius 2 is 1.89 bits per heavy atom. The largest absolute Gasteiger partial charge is 0.508 e. The second-order valence-corrected chi connectivity index (χ2v) is 12.2. The fourth-order valence-corrected chi connectivity index (χ4v) is 8.67. The van der Waals surface area contributed by atoms with Gasteiger partial charge in [0, 0.05) is 30.6 Å². The number of carbonyl (C=O) groups excluding carboxylic acids is 2. The number of phenols is 1. The summed E-state index contributed by atoms with van der Waals surface area (Å²) in [6.45, 7) is 0.238. The lowest BCUT2D eigenvalue weighted by Gasteiger charge is -2.58. The Bertz CT molecular complexity index is 1090. The minimum absolute atomic E-state index is 0. The molecule has 4 bridgehead atoms. The summed E-state index contributed by atoms with van der Waals surface area (Å²) in [6, 6.07) is 4.22. The van der Waals surface area contributed by atoms with Crippen LogP contribution in [0.5, 0.6) is 11.5 Å². The first-order chi connectivity index (χ1) is 16.1. The van der Waals surface area contributed by atoms with E-state index in [0.29, 0.717) is 30.9 Å². The van der Waals surface area contributed by atoms with E-state index in [0.717, 1.165) is 19.3 Å². The third-order valence-corrected chi connectivity index (χ3v) is 10.1. The van der Waals surface area contributed by atoms with Crippen molar-refractivity contribution in [2.75, 3.05) is 31.0 Å². The van der Waals surface area contributed by atoms with Crippen LogP contribution in [0.25, 0.3) is 0 Å². The second-order valence-electron chi connectivity index (χ2n) is 10.3. The summed E-state index contributed by atoms with van der Waals surface area (Å²) in [4.78, 5) is 25.2. The molecular weight excluding hydrogens is 472 g/mol. The van der Waals surface area contributed by atoms with E-state index in [1.807, 2.05) is 0 Å². The molecule has 4 saturated carbocycles. The van der Waals surface area contributed by atoms with Gasteiger partial charge in [-0.2, -0.15) is 12.7 Å². The normalized spacial score (nSPS) is 33.1. The van der Waals surface area contributed by atoms with E-state index in [4.69, 9.17) is 10.5 Å². The molecule has 2 atom stereocenters. The van der Waals surface area contributed by atoms with Crippen molar-refractivity contribution < 1.29 is 27.9 Å². The van der Waals surface area contributed by atoms with Crippen molar-refractivity contribution in [2.24, 2.45) is 28.9 Å². The Labute approximate surface area is 207 Å². The number of hydrogen-bond acceptors (Lipinski definition) is 6. The van der Waals surface area contributed by atoms with E-state index >= 15 is 0 Å². The fourth-order valence-electron chi connectivity index (χ4n) is 6.99. The zero-order chi connectivity index (χ0) is 24.3. The number of phenolic OH excluding ortho intramolecular Hbond substituents is 1. The first kappa shape index (κ1) is 25.6. The van der Waals surface area contributed by atoms with Gasteiger partial charge in [-0.15, -0.1) is 0 Å². The van der Waals surface area contributed by atoms with E-state index in [-0.39, 0.29) is 68.3 Å². The molecule has 1 aromatic rings. The van der Waals surface area contributed by atoms with Crippen molar-refractivity contribution in [3.05, 3.63) is 18.2 Å². The number of nitrogens with zero attached hydrogens (tertiary/aromatic N) is 2. The average molecular weight is 509 g/mol. The van der Waals surface area contributed by atoms with Crippen LogP contribution in [-0.2, 0) is 19.8 Å². The molecule has 1 aliphatic heterocycles. The Hall–Kier alpha value is -2.53. The average Bonchev–Trinajstić information content (AvgIpc) is 2.77. The number of amides is 2. The highest BCUT2D eigenvalue weighted by Crippen LogP contribution is 2.59. The SMILES string of the molecule is C.COc1cc(O)ccc1N1CCCN(CC(=O)NC2C3CC4CC2CC(C(N)=O)(C4)C3)S1(=O)=O. The standard InChI is InChI=1S/C23H32N4O6S.CH4/c1-33-19-9-17(28)3-4-18(19)27-6-2-5-26(34(27,31)32)13-20(29)25-21-15-7-14-8-16(21)12-23(10-14,11-15)22(24)30;/h3-4,9,14-16,21,28H,2,5-8,10-13H2,1H3,(H2,24,30)(H,25,29);1H4. The summed E-state index contributed by atoms with van der Waals surface area (Å²) in [5.41, 5.74) is 5.64. The smallest absolute Gasteiger partial charge is 0.304 e. The van der Waals surface area contributed by atoms with Crippen molar-refractivity contribution in [3.63, 3.8) is 0 Å². The van der Waals surface area contributed by atoms with Crippen molar-refractivity contribution in [2.45, 2.75) is 52.0 Å². The fraction of sp³-hybridized carbons (Fsp3) is 0.667. The van der Waals surface area contributed by atoms with Crippen molar-refractivity contribution in [1.82, 2.24) is 9.62 Å². The molecule has 4 aliphatic carbocycles. The van der Waals surface area contributed by atoms with Crippen LogP contribution in [0.15, 0.2) is 18.2 Å². The molecule has 1 heterocycles. The number of ether oxygens (including phenoxy) is 1. The molecule has 194 valence electrons. The third-order valence-electron chi connectivity index (χ3n) is 8.25. The molecule has 0 radical (unpaired) electrons. The third kappa shape index (κ3) is 4.33. The number of methoxy groups -OCH3 is 1. The van der Waals surface area contributed by atoms with E-state index in [1.54, 1.807) is 0 Å². The minimum Gasteiger partial charge on any atom is -0.508 e. The van der Waals surface area contributed by atoms with Crippen LogP contribution in [-0.4, -0.2) is 62.4 Å². The Morgan fingerprint density at radius 1 is 1.20 bits per heavy atom. The monoisotopic (exact) mass is 508 g/mol. The van der Waals surface area contributed by atoms with E-state index < -0.39 is 15.6 Å². The van der Waals surface area contributed by atoms with E-state index in [2.05, 4.69) is 5.32 Å². The van der Waals surface area contributed by atoms with Gasteiger partial charge in [-0.05, 0) is 68.4 Å². The van der Waals surface area contributed by atoms with Crippen molar-refractivity contribution in [3.8, 4) is 11.5 Å². The molecule has 0 spiro atoms. The Kier molecular flexibility index (Phi) is 6.69. The quantitative estimate of drug-likeness (QED) is 0.533. The summed E-state index contributed by atoms with van der Waals surface area (Å²) >= 11 is 0. The summed E-state index contributed by atoms with van der Waals surface area (Å²) in [5, 5.41) is 12.8. The summed E-state index contributed by atoms with van der Waals surface area (Å²) in [5.74, 6) is 0.563. The van der Waals surface area contributed by atoms with Gasteiger partial charge in [0.25, 0.3) is 0 Å². The maximum Gasteiger partial charge on any atom is 0.304 e. The summed E-state index contributed by atoms with van der Waals surface area (Å²) in [6.07, 6.45) is 4.78. The zero-order valence-electron chi connectivity index (χ0n) is 19.3. The van der Waals surface area contributed by atoms with Crippen LogP contribution < -0.4 is 20.1 Å². The molecule has 6 rings (SSSR count). The number of nitrogens with one attached hydrogen (secondary N) is 1. The molecule has 4 N–H and O–H groups in total. The number of hydrogen-bond donors (Lipinski definition) is 3. The van der Waals surface area contributed by atoms with Gasteiger partial charge < -0.3 is 20.9 Å². The molecule has 5 aliphatic rings. The van der Waals surface area contributed by atoms with Gasteiger partial charge in [0.1, 0.15) is 11.5 Å². The zero-order valence-corrected chi connectivity index (χ0v) is 20.1. The highest BCUT2D eigenvalue weighted by Gasteiger charge is 2.58. The molecule has 2 unspecified atom stereocenters. The lowest BCUT2D eigenvalue weighted by atomic mass is 9.47. The Balaban J connectivity index is 0.00000289. The second kappa shape index (κ2) is 9.16. The van der Waals surface area contributed by atoms with Gasteiger partial charge in [-0.1, -0.05) is 7.43 Å². The first-order valence-corrected chi connectivity index (χ1v) is 13.3. The molecule has 1 aromatic carbocycles. The van der Waals surface area contributed by atoms with E-state index in [1.165, 1.54) is 33.9 Å². The van der Waals surface area contributed by atoms with E-state index in [9.17, 15) is 23.1 Å². The molecule has 11 heteroatoms. The Morgan fingerprint density at radius 3 is 2.51 bits per heavy atom. The highest BCUT2D eigenvalue weighted by molar-refractivity contribution is 7.90. The molecule has 0 aromatic heterocycles. The minimum atomic E-state index is -3.96. The predicted octanol–water partition coefficient (Wildman–Crippen LogP) is 1.59. The maximum atomic E-state index is 13.4. The summed E-state index contributed by atoms with van der Waals surface area (Å²) in [7, 11) is -2.55. The van der Waals surface area contributed by atoms with Gasteiger partial charge in [0.15, 0.2) is 0 Å². The number of anilines is 1. The molecule has 5 fully saturated rings. The van der Waals surface area contributed by atoms with Crippen LogP contribution in [0.4, 0.5) is 5.69 Å². The molecule has 2 amide bonds. The van der Waals surface area contributed by atoms with Crippen molar-refractivity contribution in [1.29, 1.82) is 0 Å². The van der Waals surface area contributed by atoms with Gasteiger partial charge in [-0.25, -0.2) is 0 Å². The number of rotatable bonds is 6. The molecule has 10 nitrogen and oxygen atoms in total. The number of aromatic hydroxyl groups is 1. The van der Waals surface area contributed by atoms with Crippen LogP contribution in [0.3, 0.4) is 0 Å². The van der Waals surface area contributed by atoms with Gasteiger partial charge in [-0.3, -0.25) is 13.9 Å². The van der Waals surface area contributed by atoms with Crippen molar-refractivity contribution >= 4 is 27.7 Å². The predicted molar refractivity (Wildman–Crippen MR) is 131 cm³/mol. The topological polar surface area (TPSA) is 142 Å². The van der Waals surface area contributed by atoms with Crippen LogP contribution in [0.2, 0.25) is 0 Å². The summed E-state index contributed by atoms with van der Waals surface area (Å²) < 4.78 is 34.4. The number of benzene rings is 1. The van der Waals surface area contributed by atoms with Gasteiger partial charge in [0.2, 0.25) is 11.8 Å².